The van der Waals surface area contributed by atoms with Crippen molar-refractivity contribution in [3.8, 4) is 0 Å². The second kappa shape index (κ2) is 6.68. The van der Waals surface area contributed by atoms with Crippen LogP contribution in [-0.2, 0) is 6.54 Å². The van der Waals surface area contributed by atoms with Crippen molar-refractivity contribution in [3.05, 3.63) is 17.5 Å². The summed E-state index contributed by atoms with van der Waals surface area (Å²) in [5, 5.41) is 3.73. The minimum absolute atomic E-state index is 0.236. The summed E-state index contributed by atoms with van der Waals surface area (Å²) in [5.74, 6) is 5.37. The number of carbonyl (C=O) groups is 1. The quantitative estimate of drug-likeness (QED) is 0.489. The van der Waals surface area contributed by atoms with Gasteiger partial charge in [-0.1, -0.05) is 24.9 Å². The average molecular weight is 266 g/mol. The Kier molecular flexibility index (Phi) is 4.93. The predicted molar refractivity (Wildman–Crippen MR) is 71.1 cm³/mol. The summed E-state index contributed by atoms with van der Waals surface area (Å²) >= 11 is 0. The number of rotatable bonds is 4. The molecule has 6 heteroatoms. The lowest BCUT2D eigenvalue weighted by molar-refractivity contribution is 0.0944. The van der Waals surface area contributed by atoms with Crippen LogP contribution in [0, 0.1) is 0 Å². The molecule has 1 aromatic rings. The van der Waals surface area contributed by atoms with Crippen LogP contribution < -0.4 is 11.3 Å². The molecule has 0 saturated carbocycles. The number of aromatic nitrogens is 1. The largest absolute Gasteiger partial charge is 0.359 e. The van der Waals surface area contributed by atoms with Crippen molar-refractivity contribution in [1.82, 2.24) is 15.5 Å². The van der Waals surface area contributed by atoms with Gasteiger partial charge in [-0.2, -0.15) is 0 Å². The highest BCUT2D eigenvalue weighted by atomic mass is 16.5. The lowest BCUT2D eigenvalue weighted by Gasteiger charge is -2.27. The van der Waals surface area contributed by atoms with Gasteiger partial charge in [0.05, 0.1) is 6.54 Å². The molecule has 0 aromatic carbocycles. The van der Waals surface area contributed by atoms with Crippen molar-refractivity contribution >= 4 is 5.91 Å². The topological polar surface area (TPSA) is 84.4 Å². The minimum atomic E-state index is -0.419. The van der Waals surface area contributed by atoms with E-state index >= 15 is 0 Å². The molecule has 0 aliphatic carbocycles. The Hall–Kier alpha value is -1.40. The van der Waals surface area contributed by atoms with E-state index in [0.717, 1.165) is 18.7 Å². The van der Waals surface area contributed by atoms with Crippen molar-refractivity contribution in [1.29, 1.82) is 0 Å². The number of nitrogens with zero attached hydrogens (tertiary/aromatic N) is 2. The molecule has 2 heterocycles. The van der Waals surface area contributed by atoms with Crippen molar-refractivity contribution in [2.75, 3.05) is 6.54 Å². The van der Waals surface area contributed by atoms with Gasteiger partial charge in [-0.15, -0.1) is 0 Å². The fraction of sp³-hybridized carbons (Fsp3) is 0.692. The van der Waals surface area contributed by atoms with E-state index in [2.05, 4.69) is 22.4 Å². The maximum Gasteiger partial charge on any atom is 0.287 e. The highest BCUT2D eigenvalue weighted by Gasteiger charge is 2.21. The Bertz CT molecular complexity index is 419. The molecule has 6 nitrogen and oxygen atoms in total. The zero-order valence-corrected chi connectivity index (χ0v) is 11.4. The third-order valence-corrected chi connectivity index (χ3v) is 3.75. The molecule has 1 fully saturated rings. The Labute approximate surface area is 113 Å². The normalized spacial score (nSPS) is 21.1. The molecule has 1 saturated heterocycles. The van der Waals surface area contributed by atoms with Crippen LogP contribution >= 0.6 is 0 Å². The lowest BCUT2D eigenvalue weighted by Crippen LogP contribution is -2.33. The Morgan fingerprint density at radius 1 is 1.58 bits per heavy atom. The molecule has 1 aliphatic heterocycles. The summed E-state index contributed by atoms with van der Waals surface area (Å²) in [7, 11) is 0. The molecule has 0 radical (unpaired) electrons. The molecule has 1 aromatic heterocycles. The van der Waals surface area contributed by atoms with E-state index in [4.69, 9.17) is 10.4 Å². The lowest BCUT2D eigenvalue weighted by atomic mass is 10.1. The third-order valence-electron chi connectivity index (χ3n) is 3.75. The first-order valence-corrected chi connectivity index (χ1v) is 6.95. The van der Waals surface area contributed by atoms with Crippen molar-refractivity contribution in [2.45, 2.75) is 51.6 Å². The van der Waals surface area contributed by atoms with E-state index in [1.807, 2.05) is 0 Å². The van der Waals surface area contributed by atoms with Gasteiger partial charge >= 0.3 is 0 Å². The third kappa shape index (κ3) is 3.54. The molecule has 1 atom stereocenters. The standard InChI is InChI=1S/C13H22N4O2/c1-2-10-6-4-3-5-7-17(10)9-11-8-12(16-19-11)13(18)15-14/h8,10H,2-7,9,14H2,1H3,(H,15,18). The monoisotopic (exact) mass is 266 g/mol. The van der Waals surface area contributed by atoms with Crippen LogP contribution in [0.1, 0.15) is 55.3 Å². The van der Waals surface area contributed by atoms with Crippen LogP contribution in [0.4, 0.5) is 0 Å². The zero-order valence-electron chi connectivity index (χ0n) is 11.4. The number of nitrogens with two attached hydrogens (primary N) is 1. The number of amides is 1. The van der Waals surface area contributed by atoms with E-state index < -0.39 is 5.91 Å². The number of nitrogens with one attached hydrogen (secondary N) is 1. The molecular formula is C13H22N4O2. The molecule has 1 amide bonds. The average Bonchev–Trinajstić information content (AvgIpc) is 2.77. The number of hydrogen-bond donors (Lipinski definition) is 2. The van der Waals surface area contributed by atoms with E-state index in [1.54, 1.807) is 6.07 Å². The Morgan fingerprint density at radius 2 is 2.42 bits per heavy atom. The van der Waals surface area contributed by atoms with Crippen LogP contribution in [-0.4, -0.2) is 28.6 Å². The summed E-state index contributed by atoms with van der Waals surface area (Å²) in [5.41, 5.74) is 2.29. The van der Waals surface area contributed by atoms with Gasteiger partial charge in [0.2, 0.25) is 0 Å². The van der Waals surface area contributed by atoms with E-state index in [-0.39, 0.29) is 5.69 Å². The number of hydrogen-bond acceptors (Lipinski definition) is 5. The van der Waals surface area contributed by atoms with Crippen LogP contribution in [0.15, 0.2) is 10.6 Å². The van der Waals surface area contributed by atoms with Crippen LogP contribution in [0.5, 0.6) is 0 Å². The molecule has 2 rings (SSSR count). The van der Waals surface area contributed by atoms with Crippen LogP contribution in [0.25, 0.3) is 0 Å². The molecular weight excluding hydrogens is 244 g/mol. The molecule has 1 aliphatic rings. The van der Waals surface area contributed by atoms with Gasteiger partial charge in [0.15, 0.2) is 11.5 Å². The van der Waals surface area contributed by atoms with Gasteiger partial charge in [0.1, 0.15) is 0 Å². The maximum atomic E-state index is 11.3. The maximum absolute atomic E-state index is 11.3. The summed E-state index contributed by atoms with van der Waals surface area (Å²) in [6.45, 7) is 4.01. The first-order valence-electron chi connectivity index (χ1n) is 6.95. The second-order valence-electron chi connectivity index (χ2n) is 5.03. The summed E-state index contributed by atoms with van der Waals surface area (Å²) in [4.78, 5) is 13.8. The summed E-state index contributed by atoms with van der Waals surface area (Å²) in [6.07, 6.45) is 6.20. The number of hydrazine groups is 1. The second-order valence-corrected chi connectivity index (χ2v) is 5.03. The van der Waals surface area contributed by atoms with Crippen LogP contribution in [0.3, 0.4) is 0 Å². The van der Waals surface area contributed by atoms with E-state index in [9.17, 15) is 4.79 Å². The van der Waals surface area contributed by atoms with Gasteiger partial charge in [0, 0.05) is 12.1 Å². The highest BCUT2D eigenvalue weighted by molar-refractivity contribution is 5.91. The first kappa shape index (κ1) is 14.0. The Morgan fingerprint density at radius 3 is 3.16 bits per heavy atom. The fourth-order valence-electron chi connectivity index (χ4n) is 2.68. The number of nitrogen functional groups attached to an aromatic ring is 1. The van der Waals surface area contributed by atoms with Gasteiger partial charge in [-0.25, -0.2) is 5.84 Å². The smallest absolute Gasteiger partial charge is 0.287 e. The first-order chi connectivity index (χ1) is 9.24. The zero-order chi connectivity index (χ0) is 13.7. The molecule has 19 heavy (non-hydrogen) atoms. The molecule has 1 unspecified atom stereocenters. The van der Waals surface area contributed by atoms with Crippen LogP contribution in [0.2, 0.25) is 0 Å². The van der Waals surface area contributed by atoms with Gasteiger partial charge < -0.3 is 4.52 Å². The van der Waals surface area contributed by atoms with Gasteiger partial charge in [-0.3, -0.25) is 15.1 Å². The van der Waals surface area contributed by atoms with E-state index in [0.29, 0.717) is 12.6 Å². The van der Waals surface area contributed by atoms with Gasteiger partial charge in [0.25, 0.3) is 5.91 Å². The molecule has 3 N–H and O–H groups in total. The molecule has 0 bridgehead atoms. The SMILES string of the molecule is CCC1CCCCCN1Cc1cc(C(=O)NN)no1. The minimum Gasteiger partial charge on any atom is -0.359 e. The van der Waals surface area contributed by atoms with Crippen molar-refractivity contribution < 1.29 is 9.32 Å². The number of likely N-dealkylation sites (tertiary alicyclic amines) is 1. The summed E-state index contributed by atoms with van der Waals surface area (Å²) in [6, 6.07) is 2.26. The van der Waals surface area contributed by atoms with Crippen molar-refractivity contribution in [3.63, 3.8) is 0 Å². The fourth-order valence-corrected chi connectivity index (χ4v) is 2.68. The van der Waals surface area contributed by atoms with Gasteiger partial charge in [-0.05, 0) is 25.8 Å². The highest BCUT2D eigenvalue weighted by Crippen LogP contribution is 2.21. The molecule has 0 spiro atoms. The van der Waals surface area contributed by atoms with Crippen molar-refractivity contribution in [2.24, 2.45) is 5.84 Å². The Balaban J connectivity index is 2.02. The molecule has 106 valence electrons. The number of carbonyl (C=O) groups excluding carboxylic acids is 1. The van der Waals surface area contributed by atoms with E-state index in [1.165, 1.54) is 25.7 Å². The summed E-state index contributed by atoms with van der Waals surface area (Å²) < 4.78 is 5.22. The predicted octanol–water partition coefficient (Wildman–Crippen LogP) is 1.43.